The van der Waals surface area contributed by atoms with Gasteiger partial charge >= 0.3 is 0 Å². The van der Waals surface area contributed by atoms with Gasteiger partial charge in [0.05, 0.1) is 18.8 Å². The van der Waals surface area contributed by atoms with Gasteiger partial charge < -0.3 is 30.6 Å². The lowest BCUT2D eigenvalue weighted by atomic mass is 9.71. The number of rotatable bonds is 66. The van der Waals surface area contributed by atoms with E-state index in [1.807, 2.05) is 12.2 Å². The molecule has 0 aromatic heterocycles. The Balaban J connectivity index is 5.22. The molecule has 5 atom stereocenters. The van der Waals surface area contributed by atoms with E-state index in [0.29, 0.717) is 64.2 Å². The summed E-state index contributed by atoms with van der Waals surface area (Å²) in [5.74, 6) is -2.74. The lowest BCUT2D eigenvalue weighted by molar-refractivity contribution is -0.194. The first-order chi connectivity index (χ1) is 41.2. The number of aliphatic hydroxyl groups is 6. The van der Waals surface area contributed by atoms with Gasteiger partial charge in [0.25, 0.3) is 0 Å². The topological polar surface area (TPSA) is 190 Å². The predicted octanol–water partition coefficient (Wildman–Crippen LogP) is 19.1. The summed E-state index contributed by atoms with van der Waals surface area (Å²) in [5.41, 5.74) is -7.30. The number of Topliss-reactive ketones (excluding diaryl/α,β-unsaturated/α-hetero) is 4. The number of carbonyl (C=O) groups is 4. The van der Waals surface area contributed by atoms with Crippen molar-refractivity contribution in [3.63, 3.8) is 0 Å². The average molecular weight is 1200 g/mol. The predicted molar refractivity (Wildman–Crippen MR) is 358 cm³/mol. The number of aliphatic hydroxyl groups excluding tert-OH is 3. The van der Waals surface area contributed by atoms with Crippen molar-refractivity contribution in [1.29, 1.82) is 0 Å². The molecule has 0 aliphatic heterocycles. The van der Waals surface area contributed by atoms with Crippen molar-refractivity contribution >= 4 is 23.1 Å². The minimum Gasteiger partial charge on any atom is -0.393 e. The number of unbranched alkanes of at least 4 members (excludes halogenated alkanes) is 35. The van der Waals surface area contributed by atoms with Crippen molar-refractivity contribution in [2.45, 2.75) is 397 Å². The summed E-state index contributed by atoms with van der Waals surface area (Å²) in [6.07, 6.45) is 62.6. The summed E-state index contributed by atoms with van der Waals surface area (Å²) < 4.78 is 0. The van der Waals surface area contributed by atoms with E-state index < -0.39 is 40.8 Å². The van der Waals surface area contributed by atoms with Gasteiger partial charge in [-0.1, -0.05) is 263 Å². The molecule has 85 heavy (non-hydrogen) atoms. The van der Waals surface area contributed by atoms with Crippen LogP contribution >= 0.6 is 0 Å². The molecule has 0 radical (unpaired) electrons. The molecule has 0 aliphatic rings. The molecule has 0 saturated heterocycles. The molecule has 2 unspecified atom stereocenters. The van der Waals surface area contributed by atoms with E-state index in [1.165, 1.54) is 70.6 Å². The lowest BCUT2D eigenvalue weighted by Crippen LogP contribution is -2.69. The molecule has 0 spiro atoms. The van der Waals surface area contributed by atoms with Gasteiger partial charge in [0.1, 0.15) is 5.60 Å². The van der Waals surface area contributed by atoms with E-state index in [-0.39, 0.29) is 37.3 Å². The maximum Gasteiger partial charge on any atom is 0.219 e. The zero-order chi connectivity index (χ0) is 62.8. The van der Waals surface area contributed by atoms with Crippen LogP contribution in [0.5, 0.6) is 0 Å². The third-order valence-corrected chi connectivity index (χ3v) is 17.6. The van der Waals surface area contributed by atoms with Crippen LogP contribution in [0.1, 0.15) is 368 Å². The largest absolute Gasteiger partial charge is 0.393 e. The molecule has 0 fully saturated rings. The van der Waals surface area contributed by atoms with Crippen molar-refractivity contribution in [1.82, 2.24) is 0 Å². The molecule has 0 saturated carbocycles. The Hall–Kier alpha value is -2.60. The molecular weight excluding hydrogens is 1060 g/mol. The van der Waals surface area contributed by atoms with E-state index in [1.54, 1.807) is 0 Å². The molecule has 0 heterocycles. The van der Waals surface area contributed by atoms with Crippen LogP contribution in [0.25, 0.3) is 0 Å². The number of ketones is 4. The minimum atomic E-state index is -3.03. The van der Waals surface area contributed by atoms with Gasteiger partial charge in [-0.25, -0.2) is 0 Å². The molecule has 0 rings (SSSR count). The zero-order valence-corrected chi connectivity index (χ0v) is 55.8. The van der Waals surface area contributed by atoms with Gasteiger partial charge in [-0.15, -0.1) is 0 Å². The fourth-order valence-electron chi connectivity index (χ4n) is 11.6. The Morgan fingerprint density at radius 3 is 0.976 bits per heavy atom. The third-order valence-electron chi connectivity index (χ3n) is 17.6. The summed E-state index contributed by atoms with van der Waals surface area (Å²) in [4.78, 5) is 55.3. The first-order valence-corrected chi connectivity index (χ1v) is 36.1. The van der Waals surface area contributed by atoms with Crippen LogP contribution in [0.2, 0.25) is 0 Å². The number of hydrogen-bond acceptors (Lipinski definition) is 10. The highest BCUT2D eigenvalue weighted by Gasteiger charge is 2.62. The molecule has 6 N–H and O–H groups in total. The van der Waals surface area contributed by atoms with E-state index in [4.69, 9.17) is 0 Å². The summed E-state index contributed by atoms with van der Waals surface area (Å²) in [5, 5.41) is 66.6. The Labute approximate surface area is 522 Å². The molecule has 10 nitrogen and oxygen atoms in total. The molecular formula is C75H136O10. The van der Waals surface area contributed by atoms with Crippen LogP contribution in [0.3, 0.4) is 0 Å². The van der Waals surface area contributed by atoms with Crippen molar-refractivity contribution in [2.75, 3.05) is 6.61 Å². The number of allylic oxidation sites excluding steroid dienone is 5. The highest BCUT2D eigenvalue weighted by Crippen LogP contribution is 2.33. The second-order valence-corrected chi connectivity index (χ2v) is 25.6. The van der Waals surface area contributed by atoms with Crippen molar-refractivity contribution in [3.8, 4) is 0 Å². The Morgan fingerprint density at radius 2 is 0.612 bits per heavy atom. The Kier molecular flexibility index (Phi) is 56.0. The summed E-state index contributed by atoms with van der Waals surface area (Å²) in [6.45, 7) is 7.54. The Morgan fingerprint density at radius 1 is 0.329 bits per heavy atom. The first-order valence-electron chi connectivity index (χ1n) is 36.1. The first kappa shape index (κ1) is 82.4. The lowest BCUT2D eigenvalue weighted by Gasteiger charge is -2.39. The van der Waals surface area contributed by atoms with Gasteiger partial charge in [0, 0.05) is 32.1 Å². The minimum absolute atomic E-state index is 0.0548. The van der Waals surface area contributed by atoms with E-state index in [0.717, 1.165) is 186 Å². The van der Waals surface area contributed by atoms with Gasteiger partial charge in [0.2, 0.25) is 5.60 Å². The molecule has 496 valence electrons. The van der Waals surface area contributed by atoms with Crippen LogP contribution in [0.15, 0.2) is 48.6 Å². The molecule has 0 bridgehead atoms. The van der Waals surface area contributed by atoms with Gasteiger partial charge in [-0.05, 0) is 122 Å². The normalized spacial score (nSPS) is 15.1. The highest BCUT2D eigenvalue weighted by atomic mass is 16.4. The standard InChI is InChI=1S/C75H136O10/c1-5-9-13-17-18-19-20-21-22-23-24-25-36-43-52-62-71(81)75(85,72(82)63-53-44-37-29-27-33-40-49-59-68(78)57-47-15-11-7-3)74(84,66-76)70(80)61-51-42-35-30-31-38-45-55-65-73(83,64-54-16-12-8-4)69(79)60-50-41-34-28-26-32-39-48-58-67(77)56-46-14-10-6-2/h21-22,39-40,45,48-49,55,67-68,76-78,83-85H,5-20,23-38,41-44,46-47,50-54,56-66H2,1-4H3/b22-21-,48-39-,49-40-,55-45-/t67-,68-,73-,74?,75?/m1/s1. The number of hydrogen-bond donors (Lipinski definition) is 6. The molecule has 0 amide bonds. The van der Waals surface area contributed by atoms with Gasteiger partial charge in [-0.3, -0.25) is 19.2 Å². The monoisotopic (exact) mass is 1200 g/mol. The molecule has 0 aliphatic carbocycles. The van der Waals surface area contributed by atoms with Crippen molar-refractivity contribution < 1.29 is 49.8 Å². The fraction of sp³-hybridized carbons (Fsp3) is 0.840. The molecule has 0 aromatic carbocycles. The fourth-order valence-corrected chi connectivity index (χ4v) is 11.6. The third kappa shape index (κ3) is 42.9. The van der Waals surface area contributed by atoms with E-state index in [9.17, 15) is 49.8 Å². The van der Waals surface area contributed by atoms with Crippen LogP contribution in [0.4, 0.5) is 0 Å². The summed E-state index contributed by atoms with van der Waals surface area (Å²) >= 11 is 0. The summed E-state index contributed by atoms with van der Waals surface area (Å²) in [7, 11) is 0. The Bertz CT molecular complexity index is 1700. The van der Waals surface area contributed by atoms with Crippen LogP contribution in [-0.2, 0) is 19.2 Å². The van der Waals surface area contributed by atoms with Gasteiger partial charge in [0.15, 0.2) is 28.7 Å². The second-order valence-electron chi connectivity index (χ2n) is 25.6. The number of carbonyl (C=O) groups excluding carboxylic acids is 4. The zero-order valence-electron chi connectivity index (χ0n) is 55.8. The SMILES string of the molecule is CCCCCCCC/C=C\CCCCCCCC(=O)C(O)(C(=O)CCCCCCC/C=C\C[C@H](O)CCCCCC)C(O)(CO)C(=O)CCCCCCC/C=C\C[C@](O)(CCCCCC)C(=O)CCCCCCC/C=C\C[C@H](O)CCCCCC. The van der Waals surface area contributed by atoms with Crippen LogP contribution in [-0.4, -0.2) is 89.4 Å². The van der Waals surface area contributed by atoms with E-state index >= 15 is 0 Å². The highest BCUT2D eigenvalue weighted by molar-refractivity contribution is 6.16. The van der Waals surface area contributed by atoms with Crippen molar-refractivity contribution in [2.24, 2.45) is 0 Å². The average Bonchev–Trinajstić information content (AvgIpc) is 1.97. The maximum absolute atomic E-state index is 14.0. The van der Waals surface area contributed by atoms with Crippen molar-refractivity contribution in [3.05, 3.63) is 48.6 Å². The smallest absolute Gasteiger partial charge is 0.219 e. The second kappa shape index (κ2) is 57.8. The van der Waals surface area contributed by atoms with Crippen LogP contribution < -0.4 is 0 Å². The van der Waals surface area contributed by atoms with Gasteiger partial charge in [-0.2, -0.15) is 0 Å². The molecule has 10 heteroatoms. The maximum atomic E-state index is 14.0. The van der Waals surface area contributed by atoms with Crippen LogP contribution in [0, 0.1) is 0 Å². The van der Waals surface area contributed by atoms with E-state index in [2.05, 4.69) is 64.2 Å². The summed E-state index contributed by atoms with van der Waals surface area (Å²) in [6, 6.07) is 0. The quantitative estimate of drug-likeness (QED) is 0.0194. The molecule has 0 aromatic rings.